The lowest BCUT2D eigenvalue weighted by Gasteiger charge is -2.02. The van der Waals surface area contributed by atoms with Crippen molar-refractivity contribution in [3.05, 3.63) is 88.7 Å². The fourth-order valence-electron chi connectivity index (χ4n) is 2.60. The number of nitro benzene ring substituents is 1. The van der Waals surface area contributed by atoms with Crippen molar-refractivity contribution < 1.29 is 9.72 Å². The van der Waals surface area contributed by atoms with Gasteiger partial charge in [0.15, 0.2) is 4.34 Å². The van der Waals surface area contributed by atoms with Gasteiger partial charge in [-0.3, -0.25) is 19.9 Å². The highest BCUT2D eigenvalue weighted by Crippen LogP contribution is 2.29. The molecule has 1 N–H and O–H groups in total. The first-order valence-corrected chi connectivity index (χ1v) is 11.3. The van der Waals surface area contributed by atoms with Crippen LogP contribution < -0.4 is 5.43 Å². The molecule has 0 atom stereocenters. The Balaban J connectivity index is 1.46. The zero-order chi connectivity index (χ0) is 23.0. The lowest BCUT2D eigenvalue weighted by Crippen LogP contribution is -2.21. The van der Waals surface area contributed by atoms with Gasteiger partial charge in [0, 0.05) is 30.1 Å². The number of azo groups is 1. The summed E-state index contributed by atoms with van der Waals surface area (Å²) in [5.41, 5.74) is 4.05. The molecule has 0 radical (unpaired) electrons. The number of non-ortho nitro benzene ring substituents is 1. The number of thioether (sulfide) groups is 1. The van der Waals surface area contributed by atoms with Gasteiger partial charge < -0.3 is 0 Å². The summed E-state index contributed by atoms with van der Waals surface area (Å²) in [6.45, 7) is 0. The van der Waals surface area contributed by atoms with Gasteiger partial charge in [-0.05, 0) is 30.3 Å². The number of carbonyl (C=O) groups excluding carboxylic acids is 1. The largest absolute Gasteiger partial charge is 0.272 e. The van der Waals surface area contributed by atoms with Gasteiger partial charge in [-0.15, -0.1) is 21.6 Å². The molecule has 0 fully saturated rings. The average Bonchev–Trinajstić information content (AvgIpc) is 3.26. The Bertz CT molecular complexity index is 1320. The number of nitrogens with zero attached hydrogens (tertiary/aromatic N) is 6. The van der Waals surface area contributed by atoms with Crippen LogP contribution in [0.2, 0.25) is 0 Å². The number of amidine groups is 1. The second-order valence-corrected chi connectivity index (χ2v) is 8.68. The number of nitro groups is 1. The molecule has 164 valence electrons. The van der Waals surface area contributed by atoms with Crippen LogP contribution in [0.3, 0.4) is 0 Å². The van der Waals surface area contributed by atoms with E-state index in [-0.39, 0.29) is 28.9 Å². The molecule has 2 heterocycles. The number of hydrogen-bond donors (Lipinski definition) is 1. The van der Waals surface area contributed by atoms with Crippen LogP contribution in [0.25, 0.3) is 10.2 Å². The standard InChI is InChI=1S/C21H15N7O3S2/c29-19(13-32-21-23-17-8-1-2-9-18(17)33-21)25-27-20(14-5-4-10-22-12-14)26-24-15-6-3-7-16(11-15)28(30)31/h1-12H,13H2,(H,25,29)/b26-24?,27-20-. The van der Waals surface area contributed by atoms with E-state index in [1.807, 2.05) is 24.3 Å². The summed E-state index contributed by atoms with van der Waals surface area (Å²) in [5, 5.41) is 23.1. The Morgan fingerprint density at radius 3 is 2.82 bits per heavy atom. The Morgan fingerprint density at radius 1 is 1.15 bits per heavy atom. The minimum Gasteiger partial charge on any atom is -0.272 e. The topological polar surface area (TPSA) is 135 Å². The molecule has 4 rings (SSSR count). The van der Waals surface area contributed by atoms with Crippen LogP contribution >= 0.6 is 23.1 Å². The first-order valence-electron chi connectivity index (χ1n) is 9.50. The van der Waals surface area contributed by atoms with E-state index in [4.69, 9.17) is 0 Å². The minimum absolute atomic E-state index is 0.105. The van der Waals surface area contributed by atoms with E-state index in [0.29, 0.717) is 5.56 Å². The van der Waals surface area contributed by atoms with Gasteiger partial charge in [0.25, 0.3) is 11.6 Å². The van der Waals surface area contributed by atoms with Gasteiger partial charge >= 0.3 is 0 Å². The van der Waals surface area contributed by atoms with Crippen LogP contribution in [0.4, 0.5) is 11.4 Å². The third-order valence-electron chi connectivity index (χ3n) is 4.11. The summed E-state index contributed by atoms with van der Waals surface area (Å²) in [5.74, 6) is -0.120. The normalized spacial score (nSPS) is 11.7. The average molecular weight is 478 g/mol. The van der Waals surface area contributed by atoms with Gasteiger partial charge in [-0.25, -0.2) is 10.4 Å². The summed E-state index contributed by atoms with van der Waals surface area (Å²) in [6.07, 6.45) is 3.11. The number of carbonyl (C=O) groups is 1. The van der Waals surface area contributed by atoms with Gasteiger partial charge in [-0.1, -0.05) is 30.0 Å². The zero-order valence-electron chi connectivity index (χ0n) is 16.9. The second-order valence-electron chi connectivity index (χ2n) is 6.43. The smallest absolute Gasteiger partial charge is 0.271 e. The summed E-state index contributed by atoms with van der Waals surface area (Å²) < 4.78 is 1.84. The number of para-hydroxylation sites is 1. The molecule has 2 aromatic heterocycles. The summed E-state index contributed by atoms with van der Waals surface area (Å²) >= 11 is 2.83. The highest BCUT2D eigenvalue weighted by molar-refractivity contribution is 8.01. The van der Waals surface area contributed by atoms with Crippen molar-refractivity contribution in [2.75, 3.05) is 5.75 Å². The number of amides is 1. The molecule has 0 saturated carbocycles. The SMILES string of the molecule is O=C(CSc1nc2ccccc2s1)N/N=C(\N=Nc1cccc([N+](=O)[O-])c1)c1cccnc1. The van der Waals surface area contributed by atoms with E-state index in [9.17, 15) is 14.9 Å². The third kappa shape index (κ3) is 6.02. The number of hydrogen-bond acceptors (Lipinski definition) is 9. The Morgan fingerprint density at radius 2 is 2.03 bits per heavy atom. The molecule has 0 spiro atoms. The van der Waals surface area contributed by atoms with Crippen LogP contribution in [0.1, 0.15) is 5.56 Å². The van der Waals surface area contributed by atoms with Gasteiger partial charge in [0.05, 0.1) is 26.6 Å². The van der Waals surface area contributed by atoms with E-state index < -0.39 is 4.92 Å². The van der Waals surface area contributed by atoms with E-state index in [1.165, 1.54) is 47.5 Å². The predicted octanol–water partition coefficient (Wildman–Crippen LogP) is 4.95. The molecule has 0 aliphatic heterocycles. The number of thiazole rings is 1. The minimum atomic E-state index is -0.515. The first-order chi connectivity index (χ1) is 16.1. The highest BCUT2D eigenvalue weighted by Gasteiger charge is 2.10. The van der Waals surface area contributed by atoms with E-state index in [1.54, 1.807) is 24.4 Å². The Kier molecular flexibility index (Phi) is 7.07. The zero-order valence-corrected chi connectivity index (χ0v) is 18.5. The van der Waals surface area contributed by atoms with E-state index in [2.05, 4.69) is 30.7 Å². The number of aromatic nitrogens is 2. The highest BCUT2D eigenvalue weighted by atomic mass is 32.2. The quantitative estimate of drug-likeness (QED) is 0.0999. The molecular weight excluding hydrogens is 462 g/mol. The number of fused-ring (bicyclic) bond motifs is 1. The maximum absolute atomic E-state index is 12.3. The number of nitrogens with one attached hydrogen (secondary N) is 1. The number of hydrazone groups is 1. The van der Waals surface area contributed by atoms with Crippen molar-refractivity contribution in [2.24, 2.45) is 15.3 Å². The molecule has 0 saturated heterocycles. The number of pyridine rings is 1. The molecule has 4 aromatic rings. The van der Waals surface area contributed by atoms with Crippen molar-refractivity contribution in [1.82, 2.24) is 15.4 Å². The summed E-state index contributed by atoms with van der Waals surface area (Å²) in [4.78, 5) is 31.3. The van der Waals surface area contributed by atoms with Crippen LogP contribution in [0.5, 0.6) is 0 Å². The molecule has 10 nitrogen and oxygen atoms in total. The number of benzene rings is 2. The van der Waals surface area contributed by atoms with E-state index in [0.717, 1.165) is 14.6 Å². The molecule has 0 bridgehead atoms. The summed E-state index contributed by atoms with van der Waals surface area (Å²) in [6, 6.07) is 16.9. The van der Waals surface area contributed by atoms with Crippen molar-refractivity contribution in [2.45, 2.75) is 4.34 Å². The summed E-state index contributed by atoms with van der Waals surface area (Å²) in [7, 11) is 0. The lowest BCUT2D eigenvalue weighted by molar-refractivity contribution is -0.384. The number of rotatable bonds is 7. The van der Waals surface area contributed by atoms with E-state index >= 15 is 0 Å². The van der Waals surface area contributed by atoms with Crippen molar-refractivity contribution >= 4 is 56.4 Å². The fourth-order valence-corrected chi connectivity index (χ4v) is 4.46. The molecule has 0 aliphatic rings. The van der Waals surface area contributed by atoms with Gasteiger partial charge in [0.2, 0.25) is 5.84 Å². The Labute approximate surface area is 195 Å². The van der Waals surface area contributed by atoms with Crippen molar-refractivity contribution in [3.63, 3.8) is 0 Å². The van der Waals surface area contributed by atoms with Crippen molar-refractivity contribution in [3.8, 4) is 0 Å². The lowest BCUT2D eigenvalue weighted by atomic mass is 10.3. The van der Waals surface area contributed by atoms with Gasteiger partial charge in [0.1, 0.15) is 0 Å². The Hall–Kier alpha value is -4.03. The monoisotopic (exact) mass is 477 g/mol. The maximum Gasteiger partial charge on any atom is 0.271 e. The molecule has 0 aliphatic carbocycles. The maximum atomic E-state index is 12.3. The van der Waals surface area contributed by atoms with Crippen LogP contribution in [-0.4, -0.2) is 32.4 Å². The molecule has 0 unspecified atom stereocenters. The molecule has 1 amide bonds. The fraction of sp³-hybridized carbons (Fsp3) is 0.0476. The van der Waals surface area contributed by atoms with Crippen LogP contribution in [-0.2, 0) is 4.79 Å². The first kappa shape index (κ1) is 22.2. The predicted molar refractivity (Wildman–Crippen MR) is 127 cm³/mol. The molecule has 2 aromatic carbocycles. The molecular formula is C21H15N7O3S2. The second kappa shape index (κ2) is 10.5. The van der Waals surface area contributed by atoms with Crippen LogP contribution in [0.15, 0.2) is 92.7 Å². The third-order valence-corrected chi connectivity index (χ3v) is 6.29. The van der Waals surface area contributed by atoms with Crippen LogP contribution in [0, 0.1) is 10.1 Å². The van der Waals surface area contributed by atoms with Crippen molar-refractivity contribution in [1.29, 1.82) is 0 Å². The van der Waals surface area contributed by atoms with Gasteiger partial charge in [-0.2, -0.15) is 5.10 Å². The molecule has 33 heavy (non-hydrogen) atoms. The molecule has 12 heteroatoms.